The molecule has 2 amide bonds. The number of aromatic nitrogens is 1. The Labute approximate surface area is 211 Å². The van der Waals surface area contributed by atoms with Crippen LogP contribution < -0.4 is 0 Å². The second-order valence-corrected chi connectivity index (χ2v) is 9.97. The van der Waals surface area contributed by atoms with Crippen molar-refractivity contribution in [3.63, 3.8) is 0 Å². The van der Waals surface area contributed by atoms with Crippen LogP contribution in [0.1, 0.15) is 22.5 Å². The first-order valence-electron chi connectivity index (χ1n) is 10.7. The number of carbonyl (C=O) groups is 2. The third-order valence-electron chi connectivity index (χ3n) is 6.00. The number of hydrogen-bond acceptors (Lipinski definition) is 3. The molecule has 1 fully saturated rings. The Bertz CT molecular complexity index is 1500. The smallest absolute Gasteiger partial charge is 0.293 e. The van der Waals surface area contributed by atoms with Gasteiger partial charge in [-0.1, -0.05) is 65.7 Å². The van der Waals surface area contributed by atoms with E-state index in [0.29, 0.717) is 15.0 Å². The fraction of sp³-hybridized carbons (Fsp3) is 0.111. The molecule has 0 aliphatic carbocycles. The molecule has 1 aliphatic rings. The predicted molar refractivity (Wildman–Crippen MR) is 141 cm³/mol. The second kappa shape index (κ2) is 8.99. The van der Waals surface area contributed by atoms with Crippen LogP contribution in [0.3, 0.4) is 0 Å². The van der Waals surface area contributed by atoms with Gasteiger partial charge in [0.2, 0.25) is 0 Å². The molecule has 4 nitrogen and oxygen atoms in total. The molecule has 7 heteroatoms. The van der Waals surface area contributed by atoms with Crippen molar-refractivity contribution in [1.29, 1.82) is 0 Å². The summed E-state index contributed by atoms with van der Waals surface area (Å²) >= 11 is 13.3. The average molecular weight is 507 g/mol. The van der Waals surface area contributed by atoms with Gasteiger partial charge in [0.05, 0.1) is 21.5 Å². The predicted octanol–water partition coefficient (Wildman–Crippen LogP) is 7.79. The van der Waals surface area contributed by atoms with E-state index < -0.39 is 0 Å². The lowest BCUT2D eigenvalue weighted by atomic mass is 10.0. The van der Waals surface area contributed by atoms with Gasteiger partial charge in [-0.25, -0.2) is 0 Å². The van der Waals surface area contributed by atoms with Crippen LogP contribution in [-0.4, -0.2) is 20.6 Å². The van der Waals surface area contributed by atoms with Crippen molar-refractivity contribution in [2.75, 3.05) is 0 Å². The summed E-state index contributed by atoms with van der Waals surface area (Å²) in [6.45, 7) is 4.20. The van der Waals surface area contributed by atoms with Crippen molar-refractivity contribution in [3.8, 4) is 5.69 Å². The highest BCUT2D eigenvalue weighted by molar-refractivity contribution is 8.18. The number of amides is 2. The Hall–Kier alpha value is -2.99. The third-order valence-corrected chi connectivity index (χ3v) is 7.65. The summed E-state index contributed by atoms with van der Waals surface area (Å²) in [5, 5.41) is 2.83. The van der Waals surface area contributed by atoms with E-state index in [0.717, 1.165) is 50.7 Å². The first kappa shape index (κ1) is 22.8. The third kappa shape index (κ3) is 4.05. The van der Waals surface area contributed by atoms with Crippen molar-refractivity contribution in [2.24, 2.45) is 0 Å². The molecule has 0 spiro atoms. The first-order valence-corrected chi connectivity index (χ1v) is 12.3. The van der Waals surface area contributed by atoms with Crippen LogP contribution in [0.4, 0.5) is 4.79 Å². The molecule has 2 heterocycles. The summed E-state index contributed by atoms with van der Waals surface area (Å²) in [5.41, 5.74) is 4.63. The molecule has 5 rings (SSSR count). The van der Waals surface area contributed by atoms with E-state index >= 15 is 0 Å². The minimum atomic E-state index is -0.276. The zero-order valence-electron chi connectivity index (χ0n) is 18.5. The van der Waals surface area contributed by atoms with E-state index in [1.54, 1.807) is 12.1 Å². The molecule has 0 unspecified atom stereocenters. The van der Waals surface area contributed by atoms with Gasteiger partial charge in [0.15, 0.2) is 0 Å². The normalized spacial score (nSPS) is 15.2. The van der Waals surface area contributed by atoms with Crippen molar-refractivity contribution < 1.29 is 9.59 Å². The Balaban J connectivity index is 1.46. The Morgan fingerprint density at radius 1 is 0.912 bits per heavy atom. The lowest BCUT2D eigenvalue weighted by Gasteiger charge is -2.14. The van der Waals surface area contributed by atoms with Gasteiger partial charge in [-0.15, -0.1) is 0 Å². The number of imide groups is 1. The Morgan fingerprint density at radius 2 is 1.68 bits per heavy atom. The van der Waals surface area contributed by atoms with E-state index in [-0.39, 0.29) is 17.7 Å². The number of hydrogen-bond donors (Lipinski definition) is 0. The number of benzene rings is 3. The maximum atomic E-state index is 13.2. The molecule has 34 heavy (non-hydrogen) atoms. The van der Waals surface area contributed by atoms with Crippen LogP contribution in [0.2, 0.25) is 10.0 Å². The van der Waals surface area contributed by atoms with Crippen LogP contribution in [0.25, 0.3) is 22.5 Å². The van der Waals surface area contributed by atoms with Gasteiger partial charge in [0.25, 0.3) is 11.1 Å². The summed E-state index contributed by atoms with van der Waals surface area (Å²) in [5.74, 6) is -0.276. The van der Waals surface area contributed by atoms with E-state index in [2.05, 4.69) is 0 Å². The topological polar surface area (TPSA) is 42.3 Å². The van der Waals surface area contributed by atoms with Gasteiger partial charge in [-0.2, -0.15) is 0 Å². The molecule has 1 aliphatic heterocycles. The van der Waals surface area contributed by atoms with Crippen molar-refractivity contribution in [1.82, 2.24) is 9.47 Å². The SMILES string of the molecule is Cc1cc(/C=C2\SC(=O)N(Cc3cccc4ccccc34)C2=O)c(C)n1-c1ccc(Cl)c(Cl)c1. The molecular formula is C27H20Cl2N2O2S. The quantitative estimate of drug-likeness (QED) is 0.265. The van der Waals surface area contributed by atoms with Crippen molar-refractivity contribution in [3.05, 3.63) is 104 Å². The van der Waals surface area contributed by atoms with E-state index in [4.69, 9.17) is 23.2 Å². The molecule has 0 atom stereocenters. The van der Waals surface area contributed by atoms with Gasteiger partial charge < -0.3 is 4.57 Å². The van der Waals surface area contributed by atoms with Gasteiger partial charge in [-0.05, 0) is 77.9 Å². The summed E-state index contributed by atoms with van der Waals surface area (Å²) < 4.78 is 2.05. The number of rotatable bonds is 4. The average Bonchev–Trinajstić information content (AvgIpc) is 3.25. The zero-order chi connectivity index (χ0) is 24.0. The highest BCUT2D eigenvalue weighted by Crippen LogP contribution is 2.36. The first-order chi connectivity index (χ1) is 16.3. The summed E-state index contributed by atoms with van der Waals surface area (Å²) in [7, 11) is 0. The molecule has 1 aromatic heterocycles. The van der Waals surface area contributed by atoms with Gasteiger partial charge >= 0.3 is 0 Å². The second-order valence-electron chi connectivity index (χ2n) is 8.17. The maximum absolute atomic E-state index is 13.2. The standard InChI is InChI=1S/C27H20Cl2N2O2S/c1-16-12-20(17(2)31(16)21-10-11-23(28)24(29)14-21)13-25-26(32)30(27(33)34-25)15-19-8-5-7-18-6-3-4-9-22(18)19/h3-14H,15H2,1-2H3/b25-13-. The van der Waals surface area contributed by atoms with E-state index in [1.165, 1.54) is 4.90 Å². The van der Waals surface area contributed by atoms with Gasteiger partial charge in [0.1, 0.15) is 0 Å². The number of aryl methyl sites for hydroxylation is 1. The monoisotopic (exact) mass is 506 g/mol. The highest BCUT2D eigenvalue weighted by Gasteiger charge is 2.35. The molecule has 3 aromatic carbocycles. The summed E-state index contributed by atoms with van der Waals surface area (Å²) in [6, 6.07) is 21.4. The zero-order valence-corrected chi connectivity index (χ0v) is 20.8. The largest absolute Gasteiger partial charge is 0.318 e. The molecule has 0 saturated carbocycles. The summed E-state index contributed by atoms with van der Waals surface area (Å²) in [4.78, 5) is 27.7. The number of nitrogens with zero attached hydrogens (tertiary/aromatic N) is 2. The number of thioether (sulfide) groups is 1. The maximum Gasteiger partial charge on any atom is 0.293 e. The van der Waals surface area contributed by atoms with Crippen LogP contribution in [0, 0.1) is 13.8 Å². The number of fused-ring (bicyclic) bond motifs is 1. The van der Waals surface area contributed by atoms with Gasteiger partial charge in [-0.3, -0.25) is 14.5 Å². The molecular weight excluding hydrogens is 487 g/mol. The number of carbonyl (C=O) groups excluding carboxylic acids is 2. The molecule has 0 bridgehead atoms. The van der Waals surface area contributed by atoms with E-state index in [1.807, 2.05) is 79.1 Å². The van der Waals surface area contributed by atoms with Crippen molar-refractivity contribution in [2.45, 2.75) is 20.4 Å². The van der Waals surface area contributed by atoms with Gasteiger partial charge in [0, 0.05) is 17.1 Å². The summed E-state index contributed by atoms with van der Waals surface area (Å²) in [6.07, 6.45) is 1.80. The minimum absolute atomic E-state index is 0.242. The molecule has 0 N–H and O–H groups in total. The molecule has 0 radical (unpaired) electrons. The van der Waals surface area contributed by atoms with Crippen molar-refractivity contribution >= 4 is 63.0 Å². The number of halogens is 2. The van der Waals surface area contributed by atoms with E-state index in [9.17, 15) is 9.59 Å². The van der Waals surface area contributed by atoms with Crippen LogP contribution in [0.5, 0.6) is 0 Å². The molecule has 4 aromatic rings. The minimum Gasteiger partial charge on any atom is -0.318 e. The molecule has 170 valence electrons. The fourth-order valence-electron chi connectivity index (χ4n) is 4.33. The molecule has 1 saturated heterocycles. The lowest BCUT2D eigenvalue weighted by molar-refractivity contribution is -0.123. The van der Waals surface area contributed by atoms with Crippen LogP contribution in [-0.2, 0) is 11.3 Å². The van der Waals surface area contributed by atoms with Crippen LogP contribution in [0.15, 0.2) is 71.6 Å². The highest BCUT2D eigenvalue weighted by atomic mass is 35.5. The Morgan fingerprint density at radius 3 is 2.47 bits per heavy atom. The fourth-order valence-corrected chi connectivity index (χ4v) is 5.45. The van der Waals surface area contributed by atoms with Crippen LogP contribution >= 0.6 is 35.0 Å². The lowest BCUT2D eigenvalue weighted by Crippen LogP contribution is -2.27. The Kier molecular flexibility index (Phi) is 6.02.